The summed E-state index contributed by atoms with van der Waals surface area (Å²) in [6.07, 6.45) is 3.55. The van der Waals surface area contributed by atoms with Gasteiger partial charge in [-0.2, -0.15) is 8.75 Å². The summed E-state index contributed by atoms with van der Waals surface area (Å²) in [6.45, 7) is 0. The van der Waals surface area contributed by atoms with Crippen LogP contribution in [0.15, 0.2) is 45.9 Å². The molecule has 94 valence electrons. The van der Waals surface area contributed by atoms with E-state index < -0.39 is 0 Å². The van der Waals surface area contributed by atoms with Gasteiger partial charge in [-0.3, -0.25) is 0 Å². The minimum Gasteiger partial charge on any atom is -0.249 e. The summed E-state index contributed by atoms with van der Waals surface area (Å²) >= 11 is 7.83. The molecule has 3 aromatic heterocycles. The number of hydrogen-bond acceptors (Lipinski definition) is 5. The predicted molar refractivity (Wildman–Crippen MR) is 81.8 cm³/mol. The molecule has 0 amide bonds. The molecule has 0 fully saturated rings. The first kappa shape index (κ1) is 12.8. The van der Waals surface area contributed by atoms with E-state index in [0.29, 0.717) is 0 Å². The number of hydrogen-bond donors (Lipinski definition) is 0. The lowest BCUT2D eigenvalue weighted by atomic mass is 10.1. The highest BCUT2D eigenvalue weighted by Crippen LogP contribution is 2.30. The van der Waals surface area contributed by atoms with Gasteiger partial charge in [-0.1, -0.05) is 0 Å². The Bertz CT molecular complexity index is 635. The van der Waals surface area contributed by atoms with Crippen LogP contribution in [-0.4, -0.2) is 18.7 Å². The van der Waals surface area contributed by atoms with Gasteiger partial charge < -0.3 is 0 Å². The Morgan fingerprint density at radius 1 is 0.737 bits per heavy atom. The lowest BCUT2D eigenvalue weighted by Crippen LogP contribution is -1.86. The Morgan fingerprint density at radius 3 is 1.58 bits per heavy atom. The van der Waals surface area contributed by atoms with E-state index in [-0.39, 0.29) is 0 Å². The topological polar surface area (TPSA) is 51.6 Å². The highest BCUT2D eigenvalue weighted by molar-refractivity contribution is 9.10. The third kappa shape index (κ3) is 2.72. The fourth-order valence-electron chi connectivity index (χ4n) is 1.60. The van der Waals surface area contributed by atoms with Crippen LogP contribution in [0.25, 0.3) is 22.5 Å². The third-order valence-electron chi connectivity index (χ3n) is 2.49. The van der Waals surface area contributed by atoms with Crippen molar-refractivity contribution in [3.05, 3.63) is 45.9 Å². The molecule has 7 heteroatoms. The molecule has 0 unspecified atom stereocenters. The summed E-state index contributed by atoms with van der Waals surface area (Å²) in [4.78, 5) is 8.43. The van der Waals surface area contributed by atoms with Crippen LogP contribution in [0.1, 0.15) is 0 Å². The second-order valence-electron chi connectivity index (χ2n) is 3.70. The molecule has 4 nitrogen and oxygen atoms in total. The molecular weight excluding hydrogens is 392 g/mol. The molecule has 0 spiro atoms. The number of nitrogens with zero attached hydrogens (tertiary/aromatic N) is 4. The number of pyridine rings is 2. The monoisotopic (exact) mass is 396 g/mol. The van der Waals surface area contributed by atoms with Crippen molar-refractivity contribution in [1.29, 1.82) is 0 Å². The van der Waals surface area contributed by atoms with E-state index in [0.717, 1.165) is 31.7 Å². The van der Waals surface area contributed by atoms with Gasteiger partial charge in [0.1, 0.15) is 20.6 Å². The minimum atomic E-state index is 0.797. The Hall–Kier alpha value is -1.18. The highest BCUT2D eigenvalue weighted by atomic mass is 79.9. The molecule has 0 aliphatic heterocycles. The van der Waals surface area contributed by atoms with Crippen LogP contribution >= 0.6 is 43.6 Å². The molecule has 3 heterocycles. The normalized spacial score (nSPS) is 10.6. The van der Waals surface area contributed by atoms with E-state index in [9.17, 15) is 0 Å². The molecule has 0 saturated carbocycles. The SMILES string of the molecule is Brc1ccc(-c2nsnc2-c2ccc(Br)nc2)cn1. The fraction of sp³-hybridized carbons (Fsp3) is 0. The molecule has 0 atom stereocenters. The average molecular weight is 398 g/mol. The molecule has 0 aliphatic rings. The Labute approximate surface area is 130 Å². The van der Waals surface area contributed by atoms with Gasteiger partial charge in [-0.25, -0.2) is 9.97 Å². The van der Waals surface area contributed by atoms with Crippen molar-refractivity contribution < 1.29 is 0 Å². The van der Waals surface area contributed by atoms with Gasteiger partial charge in [0, 0.05) is 23.5 Å². The quantitative estimate of drug-likeness (QED) is 0.608. The molecule has 0 N–H and O–H groups in total. The van der Waals surface area contributed by atoms with Crippen molar-refractivity contribution in [3.63, 3.8) is 0 Å². The van der Waals surface area contributed by atoms with Gasteiger partial charge in [-0.15, -0.1) is 0 Å². The first-order valence-corrected chi connectivity index (χ1v) is 7.62. The zero-order valence-electron chi connectivity index (χ0n) is 9.42. The van der Waals surface area contributed by atoms with Crippen LogP contribution in [0.2, 0.25) is 0 Å². The van der Waals surface area contributed by atoms with Crippen molar-refractivity contribution >= 4 is 43.6 Å². The number of aromatic nitrogens is 4. The fourth-order valence-corrected chi connectivity index (χ4v) is 2.66. The molecule has 0 saturated heterocycles. The van der Waals surface area contributed by atoms with E-state index in [1.54, 1.807) is 12.4 Å². The smallest absolute Gasteiger partial charge is 0.114 e. The van der Waals surface area contributed by atoms with Gasteiger partial charge in [0.25, 0.3) is 0 Å². The van der Waals surface area contributed by atoms with Crippen LogP contribution in [0.3, 0.4) is 0 Å². The zero-order chi connectivity index (χ0) is 13.2. The predicted octanol–water partition coefficient (Wildman–Crippen LogP) is 4.19. The first-order valence-electron chi connectivity index (χ1n) is 5.30. The zero-order valence-corrected chi connectivity index (χ0v) is 13.4. The summed E-state index contributed by atoms with van der Waals surface area (Å²) in [5, 5.41) is 0. The second kappa shape index (κ2) is 5.44. The van der Waals surface area contributed by atoms with Crippen LogP contribution in [0.4, 0.5) is 0 Å². The molecule has 0 aromatic carbocycles. The van der Waals surface area contributed by atoms with Crippen molar-refractivity contribution in [2.45, 2.75) is 0 Å². The van der Waals surface area contributed by atoms with Crippen molar-refractivity contribution in [1.82, 2.24) is 18.7 Å². The summed E-state index contributed by atoms with van der Waals surface area (Å²) < 4.78 is 10.3. The Kier molecular flexibility index (Phi) is 3.67. The van der Waals surface area contributed by atoms with E-state index in [1.807, 2.05) is 24.3 Å². The summed E-state index contributed by atoms with van der Waals surface area (Å²) in [5.74, 6) is 0. The second-order valence-corrected chi connectivity index (χ2v) is 5.85. The maximum absolute atomic E-state index is 4.35. The Balaban J connectivity index is 2.07. The number of halogens is 2. The largest absolute Gasteiger partial charge is 0.249 e. The van der Waals surface area contributed by atoms with Crippen LogP contribution in [0, 0.1) is 0 Å². The van der Waals surface area contributed by atoms with E-state index in [1.165, 1.54) is 11.7 Å². The minimum absolute atomic E-state index is 0.797. The lowest BCUT2D eigenvalue weighted by Gasteiger charge is -2.01. The van der Waals surface area contributed by atoms with Crippen LogP contribution < -0.4 is 0 Å². The molecule has 0 radical (unpaired) electrons. The summed E-state index contributed by atoms with van der Waals surface area (Å²) in [5.41, 5.74) is 3.54. The molecule has 0 bridgehead atoms. The Morgan fingerprint density at radius 2 is 1.21 bits per heavy atom. The molecular formula is C12H6Br2N4S. The van der Waals surface area contributed by atoms with Crippen molar-refractivity contribution in [2.75, 3.05) is 0 Å². The lowest BCUT2D eigenvalue weighted by molar-refractivity contribution is 1.26. The van der Waals surface area contributed by atoms with Gasteiger partial charge in [0.15, 0.2) is 0 Å². The highest BCUT2D eigenvalue weighted by Gasteiger charge is 2.13. The van der Waals surface area contributed by atoms with Gasteiger partial charge in [-0.05, 0) is 56.1 Å². The third-order valence-corrected chi connectivity index (χ3v) is 3.96. The van der Waals surface area contributed by atoms with Gasteiger partial charge in [0.05, 0.1) is 11.7 Å². The summed E-state index contributed by atoms with van der Waals surface area (Å²) in [7, 11) is 0. The molecule has 19 heavy (non-hydrogen) atoms. The standard InChI is InChI=1S/C12H6Br2N4S/c13-9-3-1-7(5-15-9)11-12(18-19-17-11)8-2-4-10(14)16-6-8/h1-6H. The summed E-state index contributed by atoms with van der Waals surface area (Å²) in [6, 6.07) is 7.70. The maximum Gasteiger partial charge on any atom is 0.114 e. The molecule has 0 aliphatic carbocycles. The maximum atomic E-state index is 4.35. The van der Waals surface area contributed by atoms with Crippen LogP contribution in [0.5, 0.6) is 0 Å². The molecule has 3 aromatic rings. The van der Waals surface area contributed by atoms with Crippen LogP contribution in [-0.2, 0) is 0 Å². The van der Waals surface area contributed by atoms with Crippen molar-refractivity contribution in [2.24, 2.45) is 0 Å². The van der Waals surface area contributed by atoms with Gasteiger partial charge >= 0.3 is 0 Å². The van der Waals surface area contributed by atoms with Crippen molar-refractivity contribution in [3.8, 4) is 22.5 Å². The van der Waals surface area contributed by atoms with Gasteiger partial charge in [0.2, 0.25) is 0 Å². The van der Waals surface area contributed by atoms with E-state index in [4.69, 9.17) is 0 Å². The van der Waals surface area contributed by atoms with E-state index >= 15 is 0 Å². The first-order chi connectivity index (χ1) is 9.24. The van der Waals surface area contributed by atoms with E-state index in [2.05, 4.69) is 50.6 Å². The molecule has 3 rings (SSSR count). The average Bonchev–Trinajstić information content (AvgIpc) is 2.90. The number of rotatable bonds is 2.